The van der Waals surface area contributed by atoms with Gasteiger partial charge in [0.2, 0.25) is 0 Å². The van der Waals surface area contributed by atoms with Crippen LogP contribution in [0.3, 0.4) is 0 Å². The van der Waals surface area contributed by atoms with Crippen LogP contribution in [-0.2, 0) is 0 Å². The van der Waals surface area contributed by atoms with Crippen molar-refractivity contribution < 1.29 is 4.42 Å². The van der Waals surface area contributed by atoms with Crippen molar-refractivity contribution in [1.29, 1.82) is 0 Å². The SMILES string of the molecule is c1ccc(-c2nc(-c3ccc4ccccc4c3)nc(-c3cccc4oc5cc(-c6ccc(-c7ccc8ccccc8c7)cc6)c6ccccc6c5c34)n2)cc1. The largest absolute Gasteiger partial charge is 0.456 e. The Morgan fingerprint density at radius 2 is 0.855 bits per heavy atom. The van der Waals surface area contributed by atoms with Gasteiger partial charge in [-0.25, -0.2) is 15.0 Å². The molecule has 0 spiro atoms. The Kier molecular flexibility index (Phi) is 7.14. The van der Waals surface area contributed by atoms with E-state index in [1.165, 1.54) is 27.3 Å². The van der Waals surface area contributed by atoms with Crippen LogP contribution in [-0.4, -0.2) is 15.0 Å². The average Bonchev–Trinajstić information content (AvgIpc) is 3.65. The summed E-state index contributed by atoms with van der Waals surface area (Å²) in [5.74, 6) is 1.85. The average molecular weight is 702 g/mol. The van der Waals surface area contributed by atoms with E-state index in [9.17, 15) is 0 Å². The molecule has 0 aliphatic rings. The fourth-order valence-electron chi connectivity index (χ4n) is 7.99. The third-order valence-electron chi connectivity index (χ3n) is 10.7. The minimum Gasteiger partial charge on any atom is -0.456 e. The van der Waals surface area contributed by atoms with E-state index in [1.807, 2.05) is 42.5 Å². The lowest BCUT2D eigenvalue weighted by atomic mass is 9.92. The van der Waals surface area contributed by atoms with Gasteiger partial charge < -0.3 is 4.42 Å². The Morgan fingerprint density at radius 3 is 1.60 bits per heavy atom. The molecule has 0 amide bonds. The van der Waals surface area contributed by atoms with Crippen molar-refractivity contribution in [2.24, 2.45) is 0 Å². The summed E-state index contributed by atoms with van der Waals surface area (Å²) in [7, 11) is 0. The van der Waals surface area contributed by atoms with Gasteiger partial charge in [0.1, 0.15) is 11.2 Å². The molecule has 11 rings (SSSR count). The van der Waals surface area contributed by atoms with E-state index in [4.69, 9.17) is 19.4 Å². The minimum atomic E-state index is 0.600. The van der Waals surface area contributed by atoms with Gasteiger partial charge in [0.05, 0.1) is 0 Å². The van der Waals surface area contributed by atoms with Gasteiger partial charge >= 0.3 is 0 Å². The van der Waals surface area contributed by atoms with Crippen LogP contribution >= 0.6 is 0 Å². The van der Waals surface area contributed by atoms with Crippen LogP contribution in [0.15, 0.2) is 192 Å². The molecule has 256 valence electrons. The summed E-state index contributed by atoms with van der Waals surface area (Å²) >= 11 is 0. The fourth-order valence-corrected chi connectivity index (χ4v) is 7.99. The normalized spacial score (nSPS) is 11.6. The zero-order valence-corrected chi connectivity index (χ0v) is 29.6. The maximum absolute atomic E-state index is 6.73. The highest BCUT2D eigenvalue weighted by atomic mass is 16.3. The van der Waals surface area contributed by atoms with Crippen LogP contribution in [0.5, 0.6) is 0 Å². The van der Waals surface area contributed by atoms with Crippen molar-refractivity contribution >= 4 is 54.3 Å². The third-order valence-corrected chi connectivity index (χ3v) is 10.7. The standard InChI is InChI=1S/C51H31N3O/c1-2-13-36(14-3-1)49-52-50(40-28-24-33-12-5-7-16-38(33)30-40)54-51(53-49)43-19-10-20-45-48(43)47-42-18-9-8-17-41(42)44(31-46(47)55-45)35-25-21-34(22-26-35)39-27-23-32-11-4-6-15-37(32)29-39/h1-31H. The Morgan fingerprint density at radius 1 is 0.291 bits per heavy atom. The quantitative estimate of drug-likeness (QED) is 0.179. The molecule has 4 heteroatoms. The number of nitrogens with zero attached hydrogens (tertiary/aromatic N) is 3. The van der Waals surface area contributed by atoms with Crippen LogP contribution in [0.25, 0.3) is 111 Å². The van der Waals surface area contributed by atoms with Gasteiger partial charge in [-0.05, 0) is 78.8 Å². The molecule has 0 aliphatic heterocycles. The summed E-state index contributed by atoms with van der Waals surface area (Å²) in [4.78, 5) is 15.3. The number of furan rings is 1. The smallest absolute Gasteiger partial charge is 0.164 e. The summed E-state index contributed by atoms with van der Waals surface area (Å²) in [5, 5.41) is 9.10. The summed E-state index contributed by atoms with van der Waals surface area (Å²) in [6, 6.07) is 65.8. The molecule has 2 heterocycles. The summed E-state index contributed by atoms with van der Waals surface area (Å²) in [6.07, 6.45) is 0. The van der Waals surface area contributed by atoms with Gasteiger partial charge in [0.25, 0.3) is 0 Å². The molecular weight excluding hydrogens is 671 g/mol. The Balaban J connectivity index is 1.08. The van der Waals surface area contributed by atoms with E-state index < -0.39 is 0 Å². The molecule has 0 saturated heterocycles. The summed E-state index contributed by atoms with van der Waals surface area (Å²) < 4.78 is 6.73. The lowest BCUT2D eigenvalue weighted by Gasteiger charge is -2.11. The van der Waals surface area contributed by atoms with Crippen LogP contribution < -0.4 is 0 Å². The molecule has 0 saturated carbocycles. The molecule has 0 fully saturated rings. The number of benzene rings is 9. The third kappa shape index (κ3) is 5.34. The topological polar surface area (TPSA) is 51.8 Å². The van der Waals surface area contributed by atoms with Crippen molar-refractivity contribution in [3.05, 3.63) is 188 Å². The minimum absolute atomic E-state index is 0.600. The van der Waals surface area contributed by atoms with Crippen molar-refractivity contribution in [3.8, 4) is 56.4 Å². The summed E-state index contributed by atoms with van der Waals surface area (Å²) in [5.41, 5.74) is 9.01. The molecule has 4 nitrogen and oxygen atoms in total. The number of hydrogen-bond donors (Lipinski definition) is 0. The number of rotatable bonds is 5. The molecule has 55 heavy (non-hydrogen) atoms. The molecule has 0 aliphatic carbocycles. The molecule has 11 aromatic rings. The fraction of sp³-hybridized carbons (Fsp3) is 0. The van der Waals surface area contributed by atoms with Crippen molar-refractivity contribution in [3.63, 3.8) is 0 Å². The zero-order chi connectivity index (χ0) is 36.3. The maximum Gasteiger partial charge on any atom is 0.164 e. The number of aromatic nitrogens is 3. The Hall–Kier alpha value is -7.43. The molecule has 0 atom stereocenters. The molecule has 9 aromatic carbocycles. The van der Waals surface area contributed by atoms with Gasteiger partial charge in [-0.15, -0.1) is 0 Å². The van der Waals surface area contributed by atoms with Crippen molar-refractivity contribution in [1.82, 2.24) is 15.0 Å². The van der Waals surface area contributed by atoms with E-state index in [-0.39, 0.29) is 0 Å². The number of hydrogen-bond acceptors (Lipinski definition) is 4. The highest BCUT2D eigenvalue weighted by molar-refractivity contribution is 6.25. The van der Waals surface area contributed by atoms with E-state index >= 15 is 0 Å². The van der Waals surface area contributed by atoms with Gasteiger partial charge in [-0.3, -0.25) is 0 Å². The van der Waals surface area contributed by atoms with E-state index in [0.717, 1.165) is 65.9 Å². The molecule has 0 bridgehead atoms. The monoisotopic (exact) mass is 701 g/mol. The van der Waals surface area contributed by atoms with Gasteiger partial charge in [0, 0.05) is 27.5 Å². The first kappa shape index (κ1) is 31.1. The Labute approximate surface area is 317 Å². The van der Waals surface area contributed by atoms with Crippen LogP contribution in [0, 0.1) is 0 Å². The van der Waals surface area contributed by atoms with Crippen LogP contribution in [0.2, 0.25) is 0 Å². The zero-order valence-electron chi connectivity index (χ0n) is 29.6. The van der Waals surface area contributed by atoms with Gasteiger partial charge in [0.15, 0.2) is 17.5 Å². The molecule has 0 radical (unpaired) electrons. The maximum atomic E-state index is 6.73. The van der Waals surface area contributed by atoms with Gasteiger partial charge in [-0.1, -0.05) is 164 Å². The van der Waals surface area contributed by atoms with Gasteiger partial charge in [-0.2, -0.15) is 0 Å². The van der Waals surface area contributed by atoms with Crippen molar-refractivity contribution in [2.75, 3.05) is 0 Å². The highest BCUT2D eigenvalue weighted by Gasteiger charge is 2.21. The first-order chi connectivity index (χ1) is 27.2. The van der Waals surface area contributed by atoms with E-state index in [1.54, 1.807) is 0 Å². The van der Waals surface area contributed by atoms with Crippen LogP contribution in [0.1, 0.15) is 0 Å². The van der Waals surface area contributed by atoms with Crippen molar-refractivity contribution in [2.45, 2.75) is 0 Å². The molecule has 0 N–H and O–H groups in total. The van der Waals surface area contributed by atoms with Crippen LogP contribution in [0.4, 0.5) is 0 Å². The van der Waals surface area contributed by atoms with E-state index in [2.05, 4.69) is 146 Å². The second-order valence-corrected chi connectivity index (χ2v) is 14.0. The summed E-state index contributed by atoms with van der Waals surface area (Å²) in [6.45, 7) is 0. The number of fused-ring (bicyclic) bond motifs is 7. The second-order valence-electron chi connectivity index (χ2n) is 14.0. The predicted octanol–water partition coefficient (Wildman–Crippen LogP) is 13.6. The predicted molar refractivity (Wildman–Crippen MR) is 227 cm³/mol. The molecule has 0 unspecified atom stereocenters. The second kappa shape index (κ2) is 12.6. The molecule has 2 aromatic heterocycles. The lowest BCUT2D eigenvalue weighted by molar-refractivity contribution is 0.669. The first-order valence-electron chi connectivity index (χ1n) is 18.5. The lowest BCUT2D eigenvalue weighted by Crippen LogP contribution is -2.00. The van der Waals surface area contributed by atoms with E-state index in [0.29, 0.717) is 17.5 Å². The Bertz CT molecular complexity index is 3260. The highest BCUT2D eigenvalue weighted by Crippen LogP contribution is 2.43. The molecular formula is C51H31N3O. The first-order valence-corrected chi connectivity index (χ1v) is 18.5.